The molecule has 5 aromatic carbocycles. The zero-order valence-electron chi connectivity index (χ0n) is 47.7. The van der Waals surface area contributed by atoms with Gasteiger partial charge >= 0.3 is 49.4 Å². The third kappa shape index (κ3) is 21.2. The third-order valence-electron chi connectivity index (χ3n) is 15.0. The Kier molecular flexibility index (Phi) is 24.8. The van der Waals surface area contributed by atoms with Crippen molar-refractivity contribution < 1.29 is 115 Å². The van der Waals surface area contributed by atoms with Crippen LogP contribution in [0.2, 0.25) is 0 Å². The van der Waals surface area contributed by atoms with Gasteiger partial charge in [0.25, 0.3) is 0 Å². The van der Waals surface area contributed by atoms with Crippen LogP contribution in [0.15, 0.2) is 122 Å². The van der Waals surface area contributed by atoms with Crippen LogP contribution in [-0.4, -0.2) is 16.9 Å². The molecule has 1 aromatic heterocycles. The first kappa shape index (κ1) is 74.0. The van der Waals surface area contributed by atoms with Crippen LogP contribution >= 0.6 is 0 Å². The van der Waals surface area contributed by atoms with Crippen molar-refractivity contribution in [1.82, 2.24) is 4.98 Å². The standard InChI is InChI=1S/C32H12BF24.C30H47N2O/c34-25(35,36)13-1-14(26(37,38)39)6-21(5-13)33(22-7-15(27(40,41)42)2-16(8-22)28(43,44)45,23-9-17(29(46,47)48)3-18(10-23)30(49,50)51)24-11-19(31(52,53)54)4-20(12-24)32(55,56)57;1-2-3-4-5-6-7-8-9-10-11-12-13-14-15-16-17-18-28-19-21-29(22-20-28)30(33)27-32-25-23-31-24-26-32/h1-12H;19-26H,2-18,27H2,1H3/q-1;+1. The number of aryl methyl sites for hydroxylation is 1. The Morgan fingerprint density at radius 1 is 0.344 bits per heavy atom. The molecule has 6 aromatic rings. The van der Waals surface area contributed by atoms with Gasteiger partial charge in [0.05, 0.1) is 56.9 Å². The molecule has 3 nitrogen and oxygen atoms in total. The van der Waals surface area contributed by atoms with Gasteiger partial charge in [0.2, 0.25) is 12.3 Å². The molecule has 0 N–H and O–H groups in total. The van der Waals surface area contributed by atoms with Gasteiger partial charge in [0.15, 0.2) is 12.4 Å². The van der Waals surface area contributed by atoms with E-state index in [0.29, 0.717) is 6.54 Å². The minimum atomic E-state index is -6.13. The van der Waals surface area contributed by atoms with E-state index in [4.69, 9.17) is 0 Å². The zero-order valence-corrected chi connectivity index (χ0v) is 47.7. The summed E-state index contributed by atoms with van der Waals surface area (Å²) in [5, 5.41) is 0. The number of Topliss-reactive ketones (excluding diaryl/α,β-unsaturated/α-hetero) is 1. The Bertz CT molecular complexity index is 2830. The number of nitrogens with zero attached hydrogens (tertiary/aromatic N) is 2. The molecule has 1 heterocycles. The molecular weight excluding hydrogens is 1260 g/mol. The van der Waals surface area contributed by atoms with Crippen LogP contribution in [0.4, 0.5) is 105 Å². The van der Waals surface area contributed by atoms with Crippen LogP contribution in [0.3, 0.4) is 0 Å². The fourth-order valence-corrected chi connectivity index (χ4v) is 10.5. The summed E-state index contributed by atoms with van der Waals surface area (Å²) in [5.41, 5.74) is -28.1. The van der Waals surface area contributed by atoms with Gasteiger partial charge in [0.1, 0.15) is 6.15 Å². The molecule has 0 amide bonds. The number of ketones is 1. The average molecular weight is 1310 g/mol. The van der Waals surface area contributed by atoms with Gasteiger partial charge in [-0.25, -0.2) is 0 Å². The van der Waals surface area contributed by atoms with E-state index in [2.05, 4.69) is 24.0 Å². The summed E-state index contributed by atoms with van der Waals surface area (Å²) in [6, 6.07) is -0.613. The number of unbranched alkanes of at least 4 members (excludes halogenated alkanes) is 15. The molecule has 0 radical (unpaired) electrons. The maximum atomic E-state index is 14.2. The molecule has 6 rings (SSSR count). The fourth-order valence-electron chi connectivity index (χ4n) is 10.5. The summed E-state index contributed by atoms with van der Waals surface area (Å²) in [5.74, 6) is 0.139. The minimum Gasteiger partial charge on any atom is -0.287 e. The van der Waals surface area contributed by atoms with Crippen LogP contribution in [-0.2, 0) is 62.4 Å². The predicted octanol–water partition coefficient (Wildman–Crippen LogP) is 19.3. The van der Waals surface area contributed by atoms with E-state index >= 15 is 0 Å². The number of alkyl halides is 24. The number of benzene rings is 5. The van der Waals surface area contributed by atoms with Crippen LogP contribution in [0.5, 0.6) is 0 Å². The quantitative estimate of drug-likeness (QED) is 0.0199. The van der Waals surface area contributed by atoms with Crippen LogP contribution in [0.25, 0.3) is 0 Å². The number of carbonyl (C=O) groups excluding carboxylic acids is 1. The van der Waals surface area contributed by atoms with E-state index in [1.165, 1.54) is 108 Å². The lowest BCUT2D eigenvalue weighted by Crippen LogP contribution is -2.75. The van der Waals surface area contributed by atoms with E-state index in [9.17, 15) is 110 Å². The smallest absolute Gasteiger partial charge is 0.287 e. The second kappa shape index (κ2) is 30.1. The van der Waals surface area contributed by atoms with E-state index in [-0.39, 0.29) is 5.78 Å². The number of hydrogen-bond acceptors (Lipinski definition) is 2. The van der Waals surface area contributed by atoms with Crippen molar-refractivity contribution in [1.29, 1.82) is 0 Å². The summed E-state index contributed by atoms with van der Waals surface area (Å²) in [6.45, 7) is 2.65. The second-order valence-corrected chi connectivity index (χ2v) is 21.8. The molecule has 0 spiro atoms. The molecule has 0 bridgehead atoms. The third-order valence-corrected chi connectivity index (χ3v) is 15.0. The lowest BCUT2D eigenvalue weighted by atomic mass is 9.12. The van der Waals surface area contributed by atoms with Gasteiger partial charge < -0.3 is 0 Å². The first-order valence-electron chi connectivity index (χ1n) is 28.3. The SMILES string of the molecule is CCCCCCCCCCCCCCCCCCc1ccc(C(=O)C[n+]2ccncc2)cc1.FC(F)(F)c1cc([B-](c2cc(C(F)(F)F)cc(C(F)(F)F)c2)(c2cc(C(F)(F)F)cc(C(F)(F)F)c2)c2cc(C(F)(F)F)cc(C(F)(F)F)c2)cc(C(F)(F)F)c1. The van der Waals surface area contributed by atoms with Crippen molar-refractivity contribution in [2.45, 2.75) is 172 Å². The predicted molar refractivity (Wildman–Crippen MR) is 289 cm³/mol. The molecule has 494 valence electrons. The molecule has 28 heteroatoms. The van der Waals surface area contributed by atoms with Crippen LogP contribution in [0.1, 0.15) is 170 Å². The van der Waals surface area contributed by atoms with Crippen molar-refractivity contribution in [2.24, 2.45) is 0 Å². The Morgan fingerprint density at radius 3 is 0.811 bits per heavy atom. The first-order chi connectivity index (χ1) is 41.6. The summed E-state index contributed by atoms with van der Waals surface area (Å²) in [4.78, 5) is 16.4. The van der Waals surface area contributed by atoms with Gasteiger partial charge in [-0.3, -0.25) is 9.78 Å². The lowest BCUT2D eigenvalue weighted by Gasteiger charge is -2.46. The lowest BCUT2D eigenvalue weighted by molar-refractivity contribution is -0.683. The number of aromatic nitrogens is 2. The maximum Gasteiger partial charge on any atom is 0.416 e. The minimum absolute atomic E-state index is 0.139. The number of carbonyl (C=O) groups is 1. The van der Waals surface area contributed by atoms with Gasteiger partial charge in [-0.2, -0.15) is 132 Å². The largest absolute Gasteiger partial charge is 0.416 e. The zero-order chi connectivity index (χ0) is 67.3. The van der Waals surface area contributed by atoms with Gasteiger partial charge in [-0.15, -0.1) is 0 Å². The molecule has 0 aliphatic rings. The summed E-state index contributed by atoms with van der Waals surface area (Å²) in [6.07, 6.45) is -24.2. The second-order valence-electron chi connectivity index (χ2n) is 21.8. The number of halogens is 24. The van der Waals surface area contributed by atoms with E-state index in [1.807, 2.05) is 29.1 Å². The molecule has 0 unspecified atom stereocenters. The highest BCUT2D eigenvalue weighted by atomic mass is 19.4. The van der Waals surface area contributed by atoms with Gasteiger partial charge in [-0.1, -0.05) is 176 Å². The monoisotopic (exact) mass is 1310 g/mol. The Morgan fingerprint density at radius 2 is 0.578 bits per heavy atom. The summed E-state index contributed by atoms with van der Waals surface area (Å²) < 4.78 is 343. The van der Waals surface area contributed by atoms with Crippen molar-refractivity contribution in [3.05, 3.63) is 177 Å². The fraction of sp³-hybridized carbons (Fsp3) is 0.435. The topological polar surface area (TPSA) is 33.8 Å². The average Bonchev–Trinajstić information content (AvgIpc) is 0.751. The first-order valence-corrected chi connectivity index (χ1v) is 28.3. The van der Waals surface area contributed by atoms with Crippen molar-refractivity contribution >= 4 is 33.8 Å². The molecule has 0 fully saturated rings. The van der Waals surface area contributed by atoms with Gasteiger partial charge in [0, 0.05) is 5.56 Å². The molecular formula is C62H59BF24N2O. The molecule has 0 saturated carbocycles. The number of hydrogen-bond donors (Lipinski definition) is 0. The Hall–Kier alpha value is -6.77. The highest BCUT2D eigenvalue weighted by Crippen LogP contribution is 2.42. The molecule has 90 heavy (non-hydrogen) atoms. The number of rotatable bonds is 24. The molecule has 0 saturated heterocycles. The van der Waals surface area contributed by atoms with Crippen molar-refractivity contribution in [2.75, 3.05) is 0 Å². The van der Waals surface area contributed by atoms with Crippen LogP contribution in [0, 0.1) is 0 Å². The van der Waals surface area contributed by atoms with Crippen LogP contribution < -0.4 is 26.4 Å². The highest BCUT2D eigenvalue weighted by Gasteiger charge is 2.47. The van der Waals surface area contributed by atoms with Gasteiger partial charge in [-0.05, 0) is 42.7 Å². The molecule has 0 aliphatic carbocycles. The summed E-state index contributed by atoms with van der Waals surface area (Å²) in [7, 11) is 0. The summed E-state index contributed by atoms with van der Waals surface area (Å²) >= 11 is 0. The molecule has 0 atom stereocenters. The Balaban J connectivity index is 0.000000378. The normalized spacial score (nSPS) is 13.1. The van der Waals surface area contributed by atoms with Crippen molar-refractivity contribution in [3.63, 3.8) is 0 Å². The maximum absolute atomic E-state index is 14.2. The Labute approximate surface area is 501 Å². The van der Waals surface area contributed by atoms with E-state index in [1.54, 1.807) is 12.4 Å². The van der Waals surface area contributed by atoms with E-state index in [0.717, 1.165) is 12.0 Å². The highest BCUT2D eigenvalue weighted by molar-refractivity contribution is 7.20. The van der Waals surface area contributed by atoms with Crippen molar-refractivity contribution in [3.8, 4) is 0 Å². The molecule has 0 aliphatic heterocycles. The van der Waals surface area contributed by atoms with E-state index < -0.39 is 195 Å².